The molecular weight excluding hydrogens is 212 g/mol. The topological polar surface area (TPSA) is 37.3 Å². The molecule has 0 heterocycles. The first-order chi connectivity index (χ1) is 7.71. The maximum absolute atomic E-state index is 10.6. The van der Waals surface area contributed by atoms with Crippen LogP contribution in [-0.4, -0.2) is 11.1 Å². The molecule has 1 rings (SSSR count). The molecule has 0 unspecified atom stereocenters. The standard InChI is InChI=1S/C15H22O2/c1-10-8-12(15(3,4)5)9-11(2)13(10)6-7-14(16)17/h8-9H,6-7H2,1-5H3,(H,16,17). The number of carbonyl (C=O) groups is 1. The van der Waals surface area contributed by atoms with Gasteiger partial charge in [0, 0.05) is 6.42 Å². The van der Waals surface area contributed by atoms with Crippen molar-refractivity contribution in [3.63, 3.8) is 0 Å². The molecule has 0 bridgehead atoms. The van der Waals surface area contributed by atoms with E-state index in [-0.39, 0.29) is 11.8 Å². The average Bonchev–Trinajstić information content (AvgIpc) is 2.14. The van der Waals surface area contributed by atoms with E-state index in [1.165, 1.54) is 22.3 Å². The molecule has 0 aromatic heterocycles. The fourth-order valence-electron chi connectivity index (χ4n) is 2.05. The van der Waals surface area contributed by atoms with E-state index in [0.29, 0.717) is 6.42 Å². The highest BCUT2D eigenvalue weighted by Crippen LogP contribution is 2.27. The molecular formula is C15H22O2. The second-order valence-corrected chi connectivity index (χ2v) is 5.73. The second kappa shape index (κ2) is 4.91. The third kappa shape index (κ3) is 3.58. The molecule has 0 radical (unpaired) electrons. The molecule has 2 heteroatoms. The Morgan fingerprint density at radius 2 is 1.65 bits per heavy atom. The second-order valence-electron chi connectivity index (χ2n) is 5.73. The fraction of sp³-hybridized carbons (Fsp3) is 0.533. The van der Waals surface area contributed by atoms with Crippen molar-refractivity contribution in [2.24, 2.45) is 0 Å². The summed E-state index contributed by atoms with van der Waals surface area (Å²) in [5, 5.41) is 8.74. The van der Waals surface area contributed by atoms with Crippen molar-refractivity contribution >= 4 is 5.97 Å². The predicted molar refractivity (Wildman–Crippen MR) is 70.6 cm³/mol. The minimum Gasteiger partial charge on any atom is -0.481 e. The van der Waals surface area contributed by atoms with Crippen LogP contribution in [0.4, 0.5) is 0 Å². The lowest BCUT2D eigenvalue weighted by Gasteiger charge is -2.22. The van der Waals surface area contributed by atoms with Crippen LogP contribution in [0.2, 0.25) is 0 Å². The molecule has 0 aliphatic rings. The van der Waals surface area contributed by atoms with E-state index < -0.39 is 5.97 Å². The highest BCUT2D eigenvalue weighted by atomic mass is 16.4. The molecule has 0 spiro atoms. The summed E-state index contributed by atoms with van der Waals surface area (Å²) in [7, 11) is 0. The molecule has 0 atom stereocenters. The third-order valence-electron chi connectivity index (χ3n) is 3.15. The van der Waals surface area contributed by atoms with Crippen LogP contribution < -0.4 is 0 Å². The van der Waals surface area contributed by atoms with Crippen LogP contribution in [0.15, 0.2) is 12.1 Å². The number of carboxylic acid groups (broad SMARTS) is 1. The van der Waals surface area contributed by atoms with Gasteiger partial charge < -0.3 is 5.11 Å². The molecule has 17 heavy (non-hydrogen) atoms. The van der Waals surface area contributed by atoms with E-state index in [9.17, 15) is 4.79 Å². The minimum absolute atomic E-state index is 0.140. The number of aliphatic carboxylic acids is 1. The molecule has 1 aromatic carbocycles. The smallest absolute Gasteiger partial charge is 0.303 e. The number of benzene rings is 1. The minimum atomic E-state index is -0.733. The Kier molecular flexibility index (Phi) is 3.97. The Bertz CT molecular complexity index is 402. The summed E-state index contributed by atoms with van der Waals surface area (Å²) in [6.07, 6.45) is 0.827. The van der Waals surface area contributed by atoms with E-state index in [1.54, 1.807) is 0 Å². The van der Waals surface area contributed by atoms with Crippen LogP contribution in [0.5, 0.6) is 0 Å². The zero-order valence-corrected chi connectivity index (χ0v) is 11.4. The zero-order chi connectivity index (χ0) is 13.2. The van der Waals surface area contributed by atoms with Gasteiger partial charge in [0.1, 0.15) is 0 Å². The summed E-state index contributed by atoms with van der Waals surface area (Å²) in [6.45, 7) is 10.7. The number of rotatable bonds is 3. The Morgan fingerprint density at radius 3 is 2.00 bits per heavy atom. The molecule has 0 saturated heterocycles. The van der Waals surface area contributed by atoms with Crippen molar-refractivity contribution < 1.29 is 9.90 Å². The summed E-state index contributed by atoms with van der Waals surface area (Å²) in [5.74, 6) is -0.733. The molecule has 2 nitrogen and oxygen atoms in total. The van der Waals surface area contributed by atoms with E-state index in [4.69, 9.17) is 5.11 Å². The van der Waals surface area contributed by atoms with Gasteiger partial charge in [-0.15, -0.1) is 0 Å². The van der Waals surface area contributed by atoms with Crippen molar-refractivity contribution in [2.45, 2.75) is 52.9 Å². The molecule has 0 aliphatic heterocycles. The zero-order valence-electron chi connectivity index (χ0n) is 11.4. The van der Waals surface area contributed by atoms with Crippen LogP contribution in [0.3, 0.4) is 0 Å². The maximum Gasteiger partial charge on any atom is 0.303 e. The fourth-order valence-corrected chi connectivity index (χ4v) is 2.05. The maximum atomic E-state index is 10.6. The average molecular weight is 234 g/mol. The number of carboxylic acids is 1. The van der Waals surface area contributed by atoms with Crippen molar-refractivity contribution in [3.05, 3.63) is 34.4 Å². The van der Waals surface area contributed by atoms with Gasteiger partial charge >= 0.3 is 5.97 Å². The van der Waals surface area contributed by atoms with E-state index >= 15 is 0 Å². The molecule has 0 aliphatic carbocycles. The predicted octanol–water partition coefficient (Wildman–Crippen LogP) is 3.62. The lowest BCUT2D eigenvalue weighted by atomic mass is 9.83. The third-order valence-corrected chi connectivity index (χ3v) is 3.15. The first kappa shape index (κ1) is 13.8. The van der Waals surface area contributed by atoms with Crippen LogP contribution in [0.25, 0.3) is 0 Å². The summed E-state index contributed by atoms with van der Waals surface area (Å²) in [5.41, 5.74) is 5.04. The van der Waals surface area contributed by atoms with Crippen LogP contribution in [0.1, 0.15) is 49.4 Å². The van der Waals surface area contributed by atoms with Gasteiger partial charge in [0.2, 0.25) is 0 Å². The first-order valence-corrected chi connectivity index (χ1v) is 6.04. The van der Waals surface area contributed by atoms with Gasteiger partial charge in [-0.2, -0.15) is 0 Å². The Labute approximate surface area is 104 Å². The number of aryl methyl sites for hydroxylation is 2. The van der Waals surface area contributed by atoms with Gasteiger partial charge in [0.25, 0.3) is 0 Å². The van der Waals surface area contributed by atoms with Crippen molar-refractivity contribution in [2.75, 3.05) is 0 Å². The number of hydrogen-bond donors (Lipinski definition) is 1. The van der Waals surface area contributed by atoms with Gasteiger partial charge in [-0.25, -0.2) is 0 Å². The summed E-state index contributed by atoms with van der Waals surface area (Å²) >= 11 is 0. The van der Waals surface area contributed by atoms with E-state index in [2.05, 4.69) is 46.8 Å². The SMILES string of the molecule is Cc1cc(C(C)(C)C)cc(C)c1CCC(=O)O. The van der Waals surface area contributed by atoms with Gasteiger partial charge in [-0.3, -0.25) is 4.79 Å². The molecule has 1 aromatic rings. The molecule has 0 amide bonds. The number of hydrogen-bond acceptors (Lipinski definition) is 1. The van der Waals surface area contributed by atoms with E-state index in [1.807, 2.05) is 0 Å². The monoisotopic (exact) mass is 234 g/mol. The summed E-state index contributed by atoms with van der Waals surface area (Å²) in [6, 6.07) is 4.37. The molecule has 94 valence electrons. The van der Waals surface area contributed by atoms with Crippen LogP contribution >= 0.6 is 0 Å². The Morgan fingerprint density at radius 1 is 1.18 bits per heavy atom. The van der Waals surface area contributed by atoms with E-state index in [0.717, 1.165) is 0 Å². The highest BCUT2D eigenvalue weighted by molar-refractivity contribution is 5.67. The van der Waals surface area contributed by atoms with Gasteiger partial charge in [0.05, 0.1) is 0 Å². The quantitative estimate of drug-likeness (QED) is 0.867. The van der Waals surface area contributed by atoms with Gasteiger partial charge in [-0.05, 0) is 47.9 Å². The Balaban J connectivity index is 3.07. The Hall–Kier alpha value is -1.31. The largest absolute Gasteiger partial charge is 0.481 e. The first-order valence-electron chi connectivity index (χ1n) is 6.04. The van der Waals surface area contributed by atoms with Crippen LogP contribution in [-0.2, 0) is 16.6 Å². The van der Waals surface area contributed by atoms with Crippen molar-refractivity contribution in [3.8, 4) is 0 Å². The van der Waals surface area contributed by atoms with Crippen LogP contribution in [0, 0.1) is 13.8 Å². The summed E-state index contributed by atoms with van der Waals surface area (Å²) < 4.78 is 0. The van der Waals surface area contributed by atoms with Crippen molar-refractivity contribution in [1.29, 1.82) is 0 Å². The highest BCUT2D eigenvalue weighted by Gasteiger charge is 2.16. The lowest BCUT2D eigenvalue weighted by Crippen LogP contribution is -2.13. The molecule has 0 fully saturated rings. The molecule has 0 saturated carbocycles. The van der Waals surface area contributed by atoms with Gasteiger partial charge in [-0.1, -0.05) is 32.9 Å². The summed E-state index contributed by atoms with van der Waals surface area (Å²) in [4.78, 5) is 10.6. The molecule has 1 N–H and O–H groups in total. The normalized spacial score (nSPS) is 11.6. The van der Waals surface area contributed by atoms with Crippen molar-refractivity contribution in [1.82, 2.24) is 0 Å². The lowest BCUT2D eigenvalue weighted by molar-refractivity contribution is -0.136. The van der Waals surface area contributed by atoms with Gasteiger partial charge in [0.15, 0.2) is 0 Å².